The maximum absolute atomic E-state index is 12.4. The van der Waals surface area contributed by atoms with Crippen LogP contribution in [0.25, 0.3) is 17.3 Å². The summed E-state index contributed by atoms with van der Waals surface area (Å²) in [4.78, 5) is 30.8. The first-order valence-electron chi connectivity index (χ1n) is 11.0. The van der Waals surface area contributed by atoms with Crippen LogP contribution in [0.4, 0.5) is 10.8 Å². The average molecular weight is 492 g/mol. The Labute approximate surface area is 207 Å². The van der Waals surface area contributed by atoms with Crippen molar-refractivity contribution >= 4 is 40.0 Å². The van der Waals surface area contributed by atoms with Crippen LogP contribution in [0.3, 0.4) is 0 Å². The lowest BCUT2D eigenvalue weighted by Gasteiger charge is -2.28. The number of hydrogen-bond donors (Lipinski definition) is 1. The molecular weight excluding hydrogens is 466 g/mol. The molecule has 1 aliphatic heterocycles. The van der Waals surface area contributed by atoms with E-state index in [0.29, 0.717) is 46.9 Å². The summed E-state index contributed by atoms with van der Waals surface area (Å²) in [5, 5.41) is 5.10. The molecule has 0 saturated heterocycles. The van der Waals surface area contributed by atoms with E-state index >= 15 is 0 Å². The van der Waals surface area contributed by atoms with Crippen LogP contribution in [0.15, 0.2) is 60.5 Å². The summed E-state index contributed by atoms with van der Waals surface area (Å²) in [6, 6.07) is 11.0. The van der Waals surface area contributed by atoms with Crippen LogP contribution < -0.4 is 24.4 Å². The zero-order chi connectivity index (χ0) is 24.8. The Morgan fingerprint density at radius 1 is 1.29 bits per heavy atom. The first-order chi connectivity index (χ1) is 17.0. The zero-order valence-electron chi connectivity index (χ0n) is 19.4. The van der Waals surface area contributed by atoms with Crippen LogP contribution in [0.1, 0.15) is 12.5 Å². The number of methoxy groups -OCH3 is 1. The quantitative estimate of drug-likeness (QED) is 0.342. The van der Waals surface area contributed by atoms with Crippen LogP contribution >= 0.6 is 11.3 Å². The van der Waals surface area contributed by atoms with Gasteiger partial charge in [0.1, 0.15) is 5.75 Å². The molecule has 2 heterocycles. The zero-order valence-corrected chi connectivity index (χ0v) is 20.3. The number of benzene rings is 2. The third-order valence-electron chi connectivity index (χ3n) is 5.16. The highest BCUT2D eigenvalue weighted by Gasteiger charge is 2.25. The molecule has 0 radical (unpaired) electrons. The Hall–Kier alpha value is -4.11. The summed E-state index contributed by atoms with van der Waals surface area (Å²) in [5.74, 6) is 1.45. The molecule has 2 aromatic carbocycles. The van der Waals surface area contributed by atoms with E-state index in [0.717, 1.165) is 11.1 Å². The lowest BCUT2D eigenvalue weighted by molar-refractivity contribution is -0.121. The largest absolute Gasteiger partial charge is 0.493 e. The number of hydrogen-bond acceptors (Lipinski definition) is 7. The Balaban J connectivity index is 1.45. The minimum atomic E-state index is -0.305. The van der Waals surface area contributed by atoms with Gasteiger partial charge in [0, 0.05) is 23.6 Å². The molecule has 3 aromatic rings. The van der Waals surface area contributed by atoms with Crippen molar-refractivity contribution in [2.75, 3.05) is 37.1 Å². The van der Waals surface area contributed by atoms with Gasteiger partial charge in [0.25, 0.3) is 5.91 Å². The maximum Gasteiger partial charge on any atom is 0.265 e. The fourth-order valence-electron chi connectivity index (χ4n) is 3.54. The minimum Gasteiger partial charge on any atom is -0.493 e. The number of nitrogens with one attached hydrogen (secondary N) is 1. The lowest BCUT2D eigenvalue weighted by atomic mass is 10.1. The Bertz CT molecular complexity index is 1280. The summed E-state index contributed by atoms with van der Waals surface area (Å²) in [6.45, 7) is 6.56. The number of rotatable bonds is 9. The second kappa shape index (κ2) is 10.9. The minimum absolute atomic E-state index is 0.00400. The molecule has 1 aromatic heterocycles. The molecular formula is C26H25N3O5S. The standard InChI is InChI=1S/C26H25N3O5S/c1-4-12-29-20-14-18(8-10-21(20)34-15-25(29)31)19-16-35-26(27-19)28-24(30)11-7-17-6-9-22(33-5-2)23(13-17)32-3/h4,6-11,13-14,16H,1,5,12,15H2,2-3H3,(H,27,28,30). The number of nitrogens with zero attached hydrogens (tertiary/aromatic N) is 2. The first kappa shape index (κ1) is 24.0. The predicted octanol–water partition coefficient (Wildman–Crippen LogP) is 4.78. The molecule has 0 aliphatic carbocycles. The molecule has 9 heteroatoms. The molecule has 0 saturated carbocycles. The van der Waals surface area contributed by atoms with Crippen LogP contribution in [0.2, 0.25) is 0 Å². The maximum atomic E-state index is 12.4. The number of carbonyl (C=O) groups is 2. The second-order valence-corrected chi connectivity index (χ2v) is 8.33. The van der Waals surface area contributed by atoms with Crippen LogP contribution in [-0.4, -0.2) is 43.7 Å². The fourth-order valence-corrected chi connectivity index (χ4v) is 4.26. The van der Waals surface area contributed by atoms with Crippen LogP contribution in [0, 0.1) is 0 Å². The molecule has 4 rings (SSSR count). The van der Waals surface area contributed by atoms with Gasteiger partial charge in [-0.1, -0.05) is 12.1 Å². The van der Waals surface area contributed by atoms with Gasteiger partial charge >= 0.3 is 0 Å². The summed E-state index contributed by atoms with van der Waals surface area (Å²) < 4.78 is 16.4. The molecule has 1 aliphatic rings. The van der Waals surface area contributed by atoms with Gasteiger partial charge in [-0.3, -0.25) is 14.9 Å². The molecule has 0 atom stereocenters. The Morgan fingerprint density at radius 2 is 2.14 bits per heavy atom. The molecule has 0 fully saturated rings. The smallest absolute Gasteiger partial charge is 0.265 e. The van der Waals surface area contributed by atoms with Gasteiger partial charge in [-0.05, 0) is 48.9 Å². The van der Waals surface area contributed by atoms with Crippen molar-refractivity contribution in [3.05, 3.63) is 66.1 Å². The van der Waals surface area contributed by atoms with Crippen molar-refractivity contribution in [2.24, 2.45) is 0 Å². The number of anilines is 2. The van der Waals surface area contributed by atoms with Gasteiger partial charge in [-0.25, -0.2) is 4.98 Å². The monoisotopic (exact) mass is 491 g/mol. The van der Waals surface area contributed by atoms with E-state index in [1.54, 1.807) is 36.3 Å². The van der Waals surface area contributed by atoms with E-state index in [9.17, 15) is 9.59 Å². The van der Waals surface area contributed by atoms with Crippen molar-refractivity contribution in [2.45, 2.75) is 6.92 Å². The van der Waals surface area contributed by atoms with Gasteiger partial charge in [-0.2, -0.15) is 0 Å². The number of thiazole rings is 1. The number of carbonyl (C=O) groups excluding carboxylic acids is 2. The van der Waals surface area contributed by atoms with Crippen LogP contribution in [0.5, 0.6) is 17.2 Å². The molecule has 180 valence electrons. The van der Waals surface area contributed by atoms with E-state index in [1.807, 2.05) is 36.6 Å². The molecule has 0 spiro atoms. The highest BCUT2D eigenvalue weighted by molar-refractivity contribution is 7.14. The summed E-state index contributed by atoms with van der Waals surface area (Å²) in [7, 11) is 1.57. The number of amides is 2. The first-order valence-corrected chi connectivity index (χ1v) is 11.8. The Kier molecular flexibility index (Phi) is 7.47. The highest BCUT2D eigenvalue weighted by atomic mass is 32.1. The summed E-state index contributed by atoms with van der Waals surface area (Å²) in [6.07, 6.45) is 4.80. The molecule has 8 nitrogen and oxygen atoms in total. The topological polar surface area (TPSA) is 90.0 Å². The second-order valence-electron chi connectivity index (χ2n) is 7.47. The van der Waals surface area contributed by atoms with Gasteiger partial charge in [0.2, 0.25) is 5.91 Å². The van der Waals surface area contributed by atoms with Gasteiger partial charge in [0.05, 0.1) is 25.1 Å². The van der Waals surface area contributed by atoms with E-state index in [4.69, 9.17) is 14.2 Å². The number of ether oxygens (including phenoxy) is 3. The molecule has 1 N–H and O–H groups in total. The summed E-state index contributed by atoms with van der Waals surface area (Å²) in [5.41, 5.74) is 2.97. The van der Waals surface area contributed by atoms with Crippen molar-refractivity contribution in [1.82, 2.24) is 4.98 Å². The van der Waals surface area contributed by atoms with E-state index in [-0.39, 0.29) is 18.4 Å². The molecule has 2 amide bonds. The molecule has 0 bridgehead atoms. The van der Waals surface area contributed by atoms with Crippen molar-refractivity contribution in [3.8, 4) is 28.5 Å². The van der Waals surface area contributed by atoms with Gasteiger partial charge in [0.15, 0.2) is 23.2 Å². The number of aromatic nitrogens is 1. The predicted molar refractivity (Wildman–Crippen MR) is 137 cm³/mol. The van der Waals surface area contributed by atoms with Crippen molar-refractivity contribution in [1.29, 1.82) is 0 Å². The van der Waals surface area contributed by atoms with Gasteiger partial charge < -0.3 is 19.1 Å². The average Bonchev–Trinajstić information content (AvgIpc) is 3.33. The number of fused-ring (bicyclic) bond motifs is 1. The highest BCUT2D eigenvalue weighted by Crippen LogP contribution is 2.36. The fraction of sp³-hybridized carbons (Fsp3) is 0.192. The molecule has 0 unspecified atom stereocenters. The third kappa shape index (κ3) is 5.52. The molecule has 35 heavy (non-hydrogen) atoms. The SMILES string of the molecule is C=CCN1C(=O)COc2ccc(-c3csc(NC(=O)C=Cc4ccc(OCC)c(OC)c4)n3)cc21. The lowest BCUT2D eigenvalue weighted by Crippen LogP contribution is -2.38. The third-order valence-corrected chi connectivity index (χ3v) is 5.92. The summed E-state index contributed by atoms with van der Waals surface area (Å²) >= 11 is 1.32. The normalized spacial score (nSPS) is 12.7. The Morgan fingerprint density at radius 3 is 2.91 bits per heavy atom. The van der Waals surface area contributed by atoms with E-state index in [1.165, 1.54) is 17.4 Å². The van der Waals surface area contributed by atoms with Crippen molar-refractivity contribution < 1.29 is 23.8 Å². The van der Waals surface area contributed by atoms with Crippen LogP contribution in [-0.2, 0) is 9.59 Å². The van der Waals surface area contributed by atoms with E-state index in [2.05, 4.69) is 16.9 Å². The van der Waals surface area contributed by atoms with Crippen molar-refractivity contribution in [3.63, 3.8) is 0 Å². The van der Waals surface area contributed by atoms with E-state index < -0.39 is 0 Å². The van der Waals surface area contributed by atoms with Gasteiger partial charge in [-0.15, -0.1) is 17.9 Å².